The highest BCUT2D eigenvalue weighted by Gasteiger charge is 2.32. The molecule has 0 aromatic heterocycles. The Balaban J connectivity index is 1.46. The second-order valence-corrected chi connectivity index (χ2v) is 6.04. The average Bonchev–Trinajstić information content (AvgIpc) is 3.02. The van der Waals surface area contributed by atoms with Crippen LogP contribution in [0.3, 0.4) is 0 Å². The van der Waals surface area contributed by atoms with Crippen molar-refractivity contribution >= 4 is 16.9 Å². The fourth-order valence-corrected chi connectivity index (χ4v) is 2.63. The lowest BCUT2D eigenvalue weighted by Gasteiger charge is -2.10. The molecular weight excluding hydrogens is 232 g/mol. The fourth-order valence-electron chi connectivity index (χ4n) is 1.95. The van der Waals surface area contributed by atoms with Gasteiger partial charge in [-0.25, -0.2) is 4.99 Å². The van der Waals surface area contributed by atoms with Crippen molar-refractivity contribution in [1.82, 2.24) is 0 Å². The Morgan fingerprint density at radius 1 is 1.53 bits per heavy atom. The van der Waals surface area contributed by atoms with Crippen molar-refractivity contribution in [3.8, 4) is 0 Å². The number of nitrogens with zero attached hydrogens (tertiary/aromatic N) is 1. The van der Waals surface area contributed by atoms with Gasteiger partial charge in [-0.2, -0.15) is 0 Å². The maximum Gasteiger partial charge on any atom is 0.158 e. The second kappa shape index (κ2) is 6.45. The second-order valence-electron chi connectivity index (χ2n) is 5.05. The number of rotatable bonds is 7. The van der Waals surface area contributed by atoms with Gasteiger partial charge < -0.3 is 10.5 Å². The lowest BCUT2D eigenvalue weighted by Crippen LogP contribution is -2.10. The summed E-state index contributed by atoms with van der Waals surface area (Å²) in [5.74, 6) is 2.77. The lowest BCUT2D eigenvalue weighted by molar-refractivity contribution is 0.118. The van der Waals surface area contributed by atoms with Crippen molar-refractivity contribution in [1.29, 1.82) is 0 Å². The molecule has 4 heteroatoms. The van der Waals surface area contributed by atoms with Gasteiger partial charge in [0.1, 0.15) is 0 Å². The number of aliphatic imine (C=N–C) groups is 1. The molecule has 0 spiro atoms. The topological polar surface area (TPSA) is 47.6 Å². The number of hydrogen-bond acceptors (Lipinski definition) is 4. The summed E-state index contributed by atoms with van der Waals surface area (Å²) in [6.07, 6.45) is 6.78. The first kappa shape index (κ1) is 13.0. The molecule has 0 saturated heterocycles. The number of ether oxygens (including phenoxy) is 1. The average molecular weight is 254 g/mol. The number of unbranched alkanes of at least 4 members (excludes halogenated alkanes) is 1. The summed E-state index contributed by atoms with van der Waals surface area (Å²) in [6.45, 7) is 4.18. The summed E-state index contributed by atoms with van der Waals surface area (Å²) < 4.78 is 5.66. The van der Waals surface area contributed by atoms with Gasteiger partial charge in [0.25, 0.3) is 0 Å². The van der Waals surface area contributed by atoms with Gasteiger partial charge in [-0.15, -0.1) is 0 Å². The summed E-state index contributed by atoms with van der Waals surface area (Å²) >= 11 is 1.64. The van der Waals surface area contributed by atoms with Crippen molar-refractivity contribution in [2.45, 2.75) is 32.6 Å². The lowest BCUT2D eigenvalue weighted by atomic mass is 10.1. The molecule has 1 saturated carbocycles. The Kier molecular flexibility index (Phi) is 4.92. The van der Waals surface area contributed by atoms with Crippen LogP contribution in [0, 0.1) is 11.8 Å². The van der Waals surface area contributed by atoms with E-state index in [2.05, 4.69) is 11.9 Å². The van der Waals surface area contributed by atoms with Crippen LogP contribution in [0.25, 0.3) is 0 Å². The fraction of sp³-hybridized carbons (Fsp3) is 0.769. The number of nitrogens with two attached hydrogens (primary N) is 1. The summed E-state index contributed by atoms with van der Waals surface area (Å²) in [4.78, 5) is 4.13. The van der Waals surface area contributed by atoms with Gasteiger partial charge in [-0.1, -0.05) is 18.7 Å². The predicted molar refractivity (Wildman–Crippen MR) is 74.1 cm³/mol. The van der Waals surface area contributed by atoms with Gasteiger partial charge in [-0.05, 0) is 43.1 Å². The highest BCUT2D eigenvalue weighted by atomic mass is 32.2. The highest BCUT2D eigenvalue weighted by Crippen LogP contribution is 2.37. The number of thioether (sulfide) groups is 1. The Labute approximate surface area is 108 Å². The largest absolute Gasteiger partial charge is 0.381 e. The van der Waals surface area contributed by atoms with Crippen molar-refractivity contribution in [2.24, 2.45) is 22.6 Å². The van der Waals surface area contributed by atoms with E-state index in [0.29, 0.717) is 5.17 Å². The van der Waals surface area contributed by atoms with E-state index in [9.17, 15) is 0 Å². The molecule has 17 heavy (non-hydrogen) atoms. The molecule has 1 aliphatic heterocycles. The van der Waals surface area contributed by atoms with Crippen molar-refractivity contribution in [3.05, 3.63) is 11.8 Å². The van der Waals surface area contributed by atoms with Crippen LogP contribution >= 0.6 is 11.8 Å². The summed E-state index contributed by atoms with van der Waals surface area (Å²) in [6, 6.07) is 0. The van der Waals surface area contributed by atoms with Crippen LogP contribution in [0.15, 0.2) is 16.8 Å². The standard InChI is InChI=1S/C13H22N2OS/c1-10-6-12(10)8-16-5-3-2-4-11-7-15-13(14)17-9-11/h7,10,12H,2-6,8-9H2,1H3,(H2,14,15). The molecule has 2 atom stereocenters. The zero-order valence-corrected chi connectivity index (χ0v) is 11.3. The van der Waals surface area contributed by atoms with Crippen molar-refractivity contribution < 1.29 is 4.74 Å². The first-order valence-electron chi connectivity index (χ1n) is 6.47. The minimum atomic E-state index is 0.690. The van der Waals surface area contributed by atoms with E-state index >= 15 is 0 Å². The zero-order valence-electron chi connectivity index (χ0n) is 10.5. The van der Waals surface area contributed by atoms with E-state index in [1.807, 2.05) is 6.20 Å². The molecule has 2 unspecified atom stereocenters. The zero-order chi connectivity index (χ0) is 12.1. The van der Waals surface area contributed by atoms with Crippen LogP contribution in [0.4, 0.5) is 0 Å². The van der Waals surface area contributed by atoms with Crippen LogP contribution in [-0.4, -0.2) is 24.1 Å². The molecule has 0 aromatic rings. The smallest absolute Gasteiger partial charge is 0.158 e. The molecule has 0 aromatic carbocycles. The van der Waals surface area contributed by atoms with Gasteiger partial charge >= 0.3 is 0 Å². The van der Waals surface area contributed by atoms with E-state index in [1.165, 1.54) is 18.4 Å². The van der Waals surface area contributed by atoms with Crippen LogP contribution in [0.2, 0.25) is 0 Å². The SMILES string of the molecule is CC1CC1COCCCCC1=CN=C(N)SC1. The Bertz CT molecular complexity index is 315. The van der Waals surface area contributed by atoms with Crippen molar-refractivity contribution in [2.75, 3.05) is 19.0 Å². The molecule has 0 radical (unpaired) electrons. The minimum absolute atomic E-state index is 0.690. The monoisotopic (exact) mass is 254 g/mol. The van der Waals surface area contributed by atoms with Crippen LogP contribution in [0.5, 0.6) is 0 Å². The summed E-state index contributed by atoms with van der Waals surface area (Å²) in [7, 11) is 0. The molecule has 0 bridgehead atoms. The number of hydrogen-bond donors (Lipinski definition) is 1. The van der Waals surface area contributed by atoms with Gasteiger partial charge in [0.15, 0.2) is 5.17 Å². The van der Waals surface area contributed by atoms with E-state index in [1.54, 1.807) is 11.8 Å². The van der Waals surface area contributed by atoms with Gasteiger partial charge in [0.05, 0.1) is 0 Å². The van der Waals surface area contributed by atoms with Gasteiger partial charge in [0, 0.05) is 25.2 Å². The quantitative estimate of drug-likeness (QED) is 0.711. The normalized spacial score (nSPS) is 27.6. The molecule has 2 N–H and O–H groups in total. The molecule has 96 valence electrons. The van der Waals surface area contributed by atoms with Crippen molar-refractivity contribution in [3.63, 3.8) is 0 Å². The number of amidine groups is 1. The molecule has 2 rings (SSSR count). The molecule has 3 nitrogen and oxygen atoms in total. The molecule has 1 fully saturated rings. The van der Waals surface area contributed by atoms with Gasteiger partial charge in [-0.3, -0.25) is 0 Å². The van der Waals surface area contributed by atoms with Crippen LogP contribution < -0.4 is 5.73 Å². The summed E-state index contributed by atoms with van der Waals surface area (Å²) in [5, 5.41) is 0.690. The first-order valence-corrected chi connectivity index (χ1v) is 7.46. The van der Waals surface area contributed by atoms with E-state index in [0.717, 1.165) is 43.6 Å². The van der Waals surface area contributed by atoms with Crippen LogP contribution in [0.1, 0.15) is 32.6 Å². The first-order chi connectivity index (χ1) is 8.25. The molecule has 2 aliphatic rings. The maximum absolute atomic E-state index is 5.66. The maximum atomic E-state index is 5.66. The van der Waals surface area contributed by atoms with E-state index in [-0.39, 0.29) is 0 Å². The third-order valence-electron chi connectivity index (χ3n) is 3.42. The third kappa shape index (κ3) is 4.72. The molecule has 1 heterocycles. The van der Waals surface area contributed by atoms with Crippen LogP contribution in [-0.2, 0) is 4.74 Å². The van der Waals surface area contributed by atoms with E-state index < -0.39 is 0 Å². The molecular formula is C13H22N2OS. The Morgan fingerprint density at radius 2 is 2.35 bits per heavy atom. The Hall–Kier alpha value is -0.480. The molecule has 0 amide bonds. The summed E-state index contributed by atoms with van der Waals surface area (Å²) in [5.41, 5.74) is 6.99. The molecule has 1 aliphatic carbocycles. The predicted octanol–water partition coefficient (Wildman–Crippen LogP) is 2.77. The third-order valence-corrected chi connectivity index (χ3v) is 4.34. The van der Waals surface area contributed by atoms with Gasteiger partial charge in [0.2, 0.25) is 0 Å². The minimum Gasteiger partial charge on any atom is -0.381 e. The Morgan fingerprint density at radius 3 is 3.00 bits per heavy atom. The highest BCUT2D eigenvalue weighted by molar-refractivity contribution is 8.14. The van der Waals surface area contributed by atoms with E-state index in [4.69, 9.17) is 10.5 Å².